The van der Waals surface area contributed by atoms with Crippen LogP contribution in [0.25, 0.3) is 5.95 Å². The largest absolute Gasteiger partial charge is 0.497 e. The van der Waals surface area contributed by atoms with Crippen LogP contribution >= 0.6 is 23.2 Å². The molecule has 2 aromatic carbocycles. The summed E-state index contributed by atoms with van der Waals surface area (Å²) < 4.78 is 17.6. The number of carbonyl (C=O) groups excluding carboxylic acids is 2. The molecule has 1 fully saturated rings. The fourth-order valence-corrected chi connectivity index (χ4v) is 5.10. The molecule has 1 saturated heterocycles. The number of aromatic nitrogens is 4. The van der Waals surface area contributed by atoms with E-state index in [1.54, 1.807) is 77.8 Å². The Morgan fingerprint density at radius 1 is 1.00 bits per heavy atom. The second kappa shape index (κ2) is 13.6. The number of amides is 2. The van der Waals surface area contributed by atoms with Gasteiger partial charge in [-0.3, -0.25) is 9.36 Å². The zero-order valence-corrected chi connectivity index (χ0v) is 25.0. The number of nitrogens with zero attached hydrogens (tertiary/aromatic N) is 6. The van der Waals surface area contributed by atoms with Gasteiger partial charge in [0.1, 0.15) is 34.5 Å². The number of methoxy groups -OCH3 is 2. The molecule has 224 valence electrons. The maximum Gasteiger partial charge on any atom is 0.415 e. The number of carbonyl (C=O) groups is 2. The van der Waals surface area contributed by atoms with E-state index in [-0.39, 0.29) is 30.6 Å². The van der Waals surface area contributed by atoms with E-state index in [0.29, 0.717) is 47.1 Å². The van der Waals surface area contributed by atoms with Crippen LogP contribution in [0.5, 0.6) is 17.2 Å². The molecule has 2 amide bonds. The van der Waals surface area contributed by atoms with Crippen molar-refractivity contribution in [1.29, 1.82) is 0 Å². The van der Waals surface area contributed by atoms with Crippen molar-refractivity contribution in [3.8, 4) is 23.2 Å². The zero-order valence-electron chi connectivity index (χ0n) is 23.4. The van der Waals surface area contributed by atoms with Gasteiger partial charge in [-0.1, -0.05) is 29.3 Å². The number of imidazole rings is 1. The van der Waals surface area contributed by atoms with Crippen LogP contribution in [0.3, 0.4) is 0 Å². The van der Waals surface area contributed by atoms with Gasteiger partial charge in [-0.05, 0) is 42.0 Å². The van der Waals surface area contributed by atoms with E-state index in [9.17, 15) is 9.59 Å². The van der Waals surface area contributed by atoms with Gasteiger partial charge in [0.2, 0.25) is 11.9 Å². The molecule has 5 rings (SSSR count). The first-order valence-corrected chi connectivity index (χ1v) is 14.1. The van der Waals surface area contributed by atoms with Crippen LogP contribution in [0.15, 0.2) is 67.3 Å². The molecule has 14 heteroatoms. The predicted octanol–water partition coefficient (Wildman–Crippen LogP) is 4.38. The van der Waals surface area contributed by atoms with Crippen molar-refractivity contribution in [3.05, 3.63) is 83.0 Å². The summed E-state index contributed by atoms with van der Waals surface area (Å²) >= 11 is 12.6. The van der Waals surface area contributed by atoms with Gasteiger partial charge in [0.25, 0.3) is 0 Å². The van der Waals surface area contributed by atoms with Crippen molar-refractivity contribution in [3.63, 3.8) is 0 Å². The highest BCUT2D eigenvalue weighted by molar-refractivity contribution is 6.32. The topological polar surface area (TPSA) is 124 Å². The van der Waals surface area contributed by atoms with Gasteiger partial charge >= 0.3 is 6.09 Å². The van der Waals surface area contributed by atoms with Crippen molar-refractivity contribution in [2.24, 2.45) is 0 Å². The monoisotopic (exact) mass is 625 g/mol. The summed E-state index contributed by atoms with van der Waals surface area (Å²) in [5.74, 6) is 2.22. The molecule has 1 N–H and O–H groups in total. The summed E-state index contributed by atoms with van der Waals surface area (Å²) in [6.45, 7) is 1.18. The Labute approximate surface area is 258 Å². The van der Waals surface area contributed by atoms with Gasteiger partial charge in [-0.15, -0.1) is 0 Å². The third-order valence-corrected chi connectivity index (χ3v) is 7.32. The number of rotatable bonds is 9. The minimum absolute atomic E-state index is 0.0677. The van der Waals surface area contributed by atoms with Crippen molar-refractivity contribution in [2.45, 2.75) is 19.0 Å². The summed E-state index contributed by atoms with van der Waals surface area (Å²) in [7, 11) is 3.10. The Bertz CT molecular complexity index is 1570. The fourth-order valence-electron chi connectivity index (χ4n) is 4.65. The van der Waals surface area contributed by atoms with Crippen molar-refractivity contribution < 1.29 is 23.8 Å². The molecule has 0 saturated carbocycles. The van der Waals surface area contributed by atoms with Crippen LogP contribution in [0, 0.1) is 0 Å². The molecule has 12 nitrogen and oxygen atoms in total. The van der Waals surface area contributed by atoms with Gasteiger partial charge in [0, 0.05) is 51.1 Å². The summed E-state index contributed by atoms with van der Waals surface area (Å²) in [5, 5.41) is 3.62. The van der Waals surface area contributed by atoms with Gasteiger partial charge in [0.15, 0.2) is 0 Å². The van der Waals surface area contributed by atoms with E-state index in [0.717, 1.165) is 5.56 Å². The molecule has 1 aliphatic heterocycles. The second-order valence-electron chi connectivity index (χ2n) is 9.61. The number of benzene rings is 2. The number of hydrogen-bond acceptors (Lipinski definition) is 9. The van der Waals surface area contributed by atoms with Crippen molar-refractivity contribution in [2.75, 3.05) is 38.8 Å². The highest BCUT2D eigenvalue weighted by Crippen LogP contribution is 2.27. The number of anilines is 1. The van der Waals surface area contributed by atoms with Crippen LogP contribution in [0.2, 0.25) is 10.2 Å². The Morgan fingerprint density at radius 2 is 1.79 bits per heavy atom. The SMILES string of the molecule is COc1ccc(OC(=O)N2CCN(c3cc(Cl)nc(-n4ccnc4)n3)C(CC(=O)NCc3ccc(OC)c(Cl)c3)C2)cc1. The number of piperazine rings is 1. The van der Waals surface area contributed by atoms with Crippen LogP contribution in [0.4, 0.5) is 10.6 Å². The quantitative estimate of drug-likeness (QED) is 0.270. The van der Waals surface area contributed by atoms with E-state index in [1.165, 1.54) is 7.11 Å². The Morgan fingerprint density at radius 3 is 2.49 bits per heavy atom. The summed E-state index contributed by atoms with van der Waals surface area (Å²) in [6, 6.07) is 13.2. The zero-order chi connectivity index (χ0) is 30.3. The lowest BCUT2D eigenvalue weighted by Gasteiger charge is -2.41. The summed E-state index contributed by atoms with van der Waals surface area (Å²) in [4.78, 5) is 42.9. The molecular formula is C29H29Cl2N7O5. The van der Waals surface area contributed by atoms with E-state index in [1.807, 2.05) is 11.0 Å². The molecule has 0 spiro atoms. The first kappa shape index (κ1) is 29.9. The average molecular weight is 627 g/mol. The number of ether oxygens (including phenoxy) is 3. The van der Waals surface area contributed by atoms with Gasteiger partial charge in [0.05, 0.1) is 25.3 Å². The lowest BCUT2D eigenvalue weighted by Crippen LogP contribution is -2.57. The Kier molecular flexibility index (Phi) is 9.48. The van der Waals surface area contributed by atoms with Crippen LogP contribution in [0.1, 0.15) is 12.0 Å². The van der Waals surface area contributed by atoms with Gasteiger partial charge < -0.3 is 29.3 Å². The van der Waals surface area contributed by atoms with Crippen LogP contribution in [-0.2, 0) is 11.3 Å². The molecule has 0 aliphatic carbocycles. The van der Waals surface area contributed by atoms with Crippen LogP contribution in [-0.4, -0.2) is 76.3 Å². The molecule has 1 unspecified atom stereocenters. The minimum Gasteiger partial charge on any atom is -0.497 e. The Balaban J connectivity index is 1.33. The molecule has 1 aliphatic rings. The summed E-state index contributed by atoms with van der Waals surface area (Å²) in [5.41, 5.74) is 0.817. The molecule has 0 bridgehead atoms. The molecule has 2 aromatic heterocycles. The first-order valence-electron chi connectivity index (χ1n) is 13.3. The number of nitrogens with one attached hydrogen (secondary N) is 1. The van der Waals surface area contributed by atoms with Gasteiger partial charge in [-0.2, -0.15) is 4.98 Å². The standard InChI is InChI=1S/C29H29Cl2N7O5/c1-41-21-4-6-22(7-5-21)43-29(40)36-11-12-38(26-15-25(31)34-28(35-26)37-10-9-32-18-37)20(17-36)14-27(39)33-16-19-3-8-24(42-2)23(30)13-19/h3-10,13,15,18,20H,11-12,14,16-17H2,1-2H3,(H,33,39). The lowest BCUT2D eigenvalue weighted by atomic mass is 10.1. The normalized spacial score (nSPS) is 14.7. The highest BCUT2D eigenvalue weighted by atomic mass is 35.5. The van der Waals surface area contributed by atoms with Crippen molar-refractivity contribution in [1.82, 2.24) is 29.7 Å². The molecule has 43 heavy (non-hydrogen) atoms. The number of halogens is 2. The first-order chi connectivity index (χ1) is 20.8. The maximum atomic E-state index is 13.2. The van der Waals surface area contributed by atoms with E-state index in [4.69, 9.17) is 37.4 Å². The molecular weight excluding hydrogens is 597 g/mol. The lowest BCUT2D eigenvalue weighted by molar-refractivity contribution is -0.121. The molecule has 4 aromatic rings. The third-order valence-electron chi connectivity index (χ3n) is 6.83. The molecule has 3 heterocycles. The smallest absolute Gasteiger partial charge is 0.415 e. The van der Waals surface area contributed by atoms with E-state index >= 15 is 0 Å². The minimum atomic E-state index is -0.525. The fraction of sp³-hybridized carbons (Fsp3) is 0.276. The highest BCUT2D eigenvalue weighted by Gasteiger charge is 2.33. The molecule has 0 radical (unpaired) electrons. The van der Waals surface area contributed by atoms with Crippen LogP contribution < -0.4 is 24.4 Å². The number of hydrogen-bond donors (Lipinski definition) is 1. The van der Waals surface area contributed by atoms with Crippen molar-refractivity contribution >= 4 is 41.0 Å². The van der Waals surface area contributed by atoms with E-state index in [2.05, 4.69) is 20.3 Å². The third kappa shape index (κ3) is 7.46. The predicted molar refractivity (Wildman–Crippen MR) is 160 cm³/mol. The summed E-state index contributed by atoms with van der Waals surface area (Å²) in [6.07, 6.45) is 4.43. The average Bonchev–Trinajstić information content (AvgIpc) is 3.56. The maximum absolute atomic E-state index is 13.2. The second-order valence-corrected chi connectivity index (χ2v) is 10.4. The Hall–Kier alpha value is -4.55. The van der Waals surface area contributed by atoms with E-state index < -0.39 is 12.1 Å². The molecule has 1 atom stereocenters. The van der Waals surface area contributed by atoms with Gasteiger partial charge in [-0.25, -0.2) is 14.8 Å².